The van der Waals surface area contributed by atoms with Crippen molar-refractivity contribution >= 4 is 23.6 Å². The summed E-state index contributed by atoms with van der Waals surface area (Å²) >= 11 is 0. The van der Waals surface area contributed by atoms with Crippen LogP contribution >= 0.6 is 0 Å². The molecule has 3 amide bonds. The molecular weight excluding hydrogens is 536 g/mol. The number of hydrogen-bond acceptors (Lipinski definition) is 7. The van der Waals surface area contributed by atoms with Gasteiger partial charge in [-0.3, -0.25) is 14.4 Å². The number of urea groups is 1. The summed E-state index contributed by atoms with van der Waals surface area (Å²) in [5.41, 5.74) is -1.10. The molecule has 0 radical (unpaired) electrons. The molecule has 0 spiro atoms. The molecule has 1 aliphatic carbocycles. The van der Waals surface area contributed by atoms with Crippen molar-refractivity contribution in [2.24, 2.45) is 23.2 Å². The van der Waals surface area contributed by atoms with Crippen LogP contribution in [0.15, 0.2) is 9.59 Å². The number of carbonyl (C=O) groups excluding carboxylic acids is 3. The first-order valence-electron chi connectivity index (χ1n) is 15.5. The van der Waals surface area contributed by atoms with Crippen molar-refractivity contribution in [3.63, 3.8) is 0 Å². The summed E-state index contributed by atoms with van der Waals surface area (Å²) in [6.07, 6.45) is 5.42. The Balaban J connectivity index is 1.80. The Kier molecular flexibility index (Phi) is 10.5. The van der Waals surface area contributed by atoms with Gasteiger partial charge in [0, 0.05) is 18.7 Å². The maximum absolute atomic E-state index is 14.1. The van der Waals surface area contributed by atoms with E-state index >= 15 is 0 Å². The Bertz CT molecular complexity index is 1200. The van der Waals surface area contributed by atoms with Crippen molar-refractivity contribution < 1.29 is 19.1 Å². The fraction of sp³-hybridized carbons (Fsp3) is 0.781. The lowest BCUT2D eigenvalue weighted by Crippen LogP contribution is -2.60. The first kappa shape index (κ1) is 33.6. The number of methoxy groups -OCH3 is 1. The van der Waals surface area contributed by atoms with E-state index in [4.69, 9.17) is 4.74 Å². The van der Waals surface area contributed by atoms with Crippen LogP contribution in [0.5, 0.6) is 0 Å². The molecule has 1 aliphatic heterocycles. The molecule has 1 unspecified atom stereocenters. The third kappa shape index (κ3) is 7.35. The second-order valence-electron chi connectivity index (χ2n) is 14.6. The fourth-order valence-corrected chi connectivity index (χ4v) is 6.61. The van der Waals surface area contributed by atoms with E-state index < -0.39 is 51.8 Å². The minimum Gasteiger partial charge on any atom is -0.467 e. The summed E-state index contributed by atoms with van der Waals surface area (Å²) in [5, 5.41) is 9.16. The Morgan fingerprint density at radius 2 is 1.55 bits per heavy atom. The van der Waals surface area contributed by atoms with Crippen molar-refractivity contribution in [3.05, 3.63) is 26.0 Å². The van der Waals surface area contributed by atoms with Gasteiger partial charge in [-0.1, -0.05) is 74.7 Å². The van der Waals surface area contributed by atoms with Gasteiger partial charge < -0.3 is 25.6 Å². The SMILES string of the molecule is COC(=O)[C@@H]1C(C(C)C)CCN1C(=O)[C@@H](NC(=O)N[C@H](CNc1c(C(C)(C)C)c(=O)c1=O)C(C)(C)C)C1CCCCC1. The summed E-state index contributed by atoms with van der Waals surface area (Å²) in [7, 11) is 1.35. The van der Waals surface area contributed by atoms with Crippen LogP contribution in [0.1, 0.15) is 99.5 Å². The highest BCUT2D eigenvalue weighted by Crippen LogP contribution is 2.34. The van der Waals surface area contributed by atoms with Crippen molar-refractivity contribution in [1.29, 1.82) is 0 Å². The van der Waals surface area contributed by atoms with Crippen molar-refractivity contribution in [3.8, 4) is 0 Å². The van der Waals surface area contributed by atoms with Gasteiger partial charge in [-0.05, 0) is 47.8 Å². The second-order valence-corrected chi connectivity index (χ2v) is 14.6. The molecule has 236 valence electrons. The van der Waals surface area contributed by atoms with Crippen molar-refractivity contribution in [2.45, 2.75) is 117 Å². The van der Waals surface area contributed by atoms with Gasteiger partial charge in [0.2, 0.25) is 16.8 Å². The van der Waals surface area contributed by atoms with E-state index in [1.165, 1.54) is 7.11 Å². The summed E-state index contributed by atoms with van der Waals surface area (Å²) in [4.78, 5) is 66.7. The number of ether oxygens (including phenoxy) is 1. The smallest absolute Gasteiger partial charge is 0.328 e. The Morgan fingerprint density at radius 3 is 2.07 bits per heavy atom. The van der Waals surface area contributed by atoms with Crippen LogP contribution in [-0.2, 0) is 19.7 Å². The van der Waals surface area contributed by atoms with Gasteiger partial charge >= 0.3 is 12.0 Å². The molecule has 3 N–H and O–H groups in total. The number of rotatable bonds is 9. The summed E-state index contributed by atoms with van der Waals surface area (Å²) in [6, 6.07) is -2.33. The van der Waals surface area contributed by atoms with Gasteiger partial charge in [-0.25, -0.2) is 9.59 Å². The zero-order valence-electron chi connectivity index (χ0n) is 27.0. The number of likely N-dealkylation sites (tertiary alicyclic amines) is 1. The molecule has 1 aromatic carbocycles. The van der Waals surface area contributed by atoms with E-state index in [9.17, 15) is 24.0 Å². The third-order valence-electron chi connectivity index (χ3n) is 9.19. The van der Waals surface area contributed by atoms with Crippen LogP contribution in [0.4, 0.5) is 10.5 Å². The largest absolute Gasteiger partial charge is 0.467 e. The van der Waals surface area contributed by atoms with Crippen LogP contribution in [-0.4, -0.2) is 61.1 Å². The minimum absolute atomic E-state index is 0.00744. The zero-order chi connectivity index (χ0) is 31.6. The molecule has 0 bridgehead atoms. The van der Waals surface area contributed by atoms with Crippen LogP contribution < -0.4 is 26.8 Å². The molecule has 0 aromatic heterocycles. The highest BCUT2D eigenvalue weighted by Gasteiger charge is 2.47. The molecule has 4 atom stereocenters. The topological polar surface area (TPSA) is 134 Å². The van der Waals surface area contributed by atoms with Gasteiger partial charge in [-0.2, -0.15) is 0 Å². The maximum Gasteiger partial charge on any atom is 0.328 e. The van der Waals surface area contributed by atoms with E-state index in [0.29, 0.717) is 24.2 Å². The molecule has 1 aromatic rings. The predicted octanol–water partition coefficient (Wildman–Crippen LogP) is 3.70. The molecule has 10 heteroatoms. The van der Waals surface area contributed by atoms with E-state index in [-0.39, 0.29) is 30.2 Å². The van der Waals surface area contributed by atoms with Gasteiger partial charge in [0.1, 0.15) is 12.1 Å². The molecule has 2 fully saturated rings. The first-order valence-corrected chi connectivity index (χ1v) is 15.5. The number of carbonyl (C=O) groups is 3. The molecule has 2 aliphatic rings. The fourth-order valence-electron chi connectivity index (χ4n) is 6.61. The van der Waals surface area contributed by atoms with E-state index in [1.807, 2.05) is 55.4 Å². The Hall–Kier alpha value is -2.91. The number of esters is 1. The third-order valence-corrected chi connectivity index (χ3v) is 9.19. The average molecular weight is 589 g/mol. The summed E-state index contributed by atoms with van der Waals surface area (Å²) in [5.74, 6) is -0.495. The van der Waals surface area contributed by atoms with E-state index in [1.54, 1.807) is 4.90 Å². The molecule has 3 rings (SSSR count). The molecule has 42 heavy (non-hydrogen) atoms. The zero-order valence-corrected chi connectivity index (χ0v) is 27.0. The summed E-state index contributed by atoms with van der Waals surface area (Å²) < 4.78 is 5.11. The molecule has 10 nitrogen and oxygen atoms in total. The van der Waals surface area contributed by atoms with Crippen LogP contribution in [0, 0.1) is 23.2 Å². The van der Waals surface area contributed by atoms with Crippen molar-refractivity contribution in [1.82, 2.24) is 15.5 Å². The average Bonchev–Trinajstić information content (AvgIpc) is 3.36. The van der Waals surface area contributed by atoms with Crippen LogP contribution in [0.2, 0.25) is 0 Å². The van der Waals surface area contributed by atoms with E-state index in [2.05, 4.69) is 16.0 Å². The standard InChI is InChI=1S/C32H52N4O6/c1-18(2)20-15-16-36(25(20)29(40)42-9)28(39)23(19-13-11-10-12-14-19)35-30(41)34-21(31(3,4)5)17-33-24-22(32(6,7)8)26(37)27(24)38/h18-21,23,25,33H,10-17H2,1-9H3,(H2,34,35,41)/t20?,21-,23+,25+/m1/s1. The number of nitrogens with one attached hydrogen (secondary N) is 3. The number of nitrogens with zero attached hydrogens (tertiary/aromatic N) is 1. The molecular formula is C32H52N4O6. The van der Waals surface area contributed by atoms with Crippen LogP contribution in [0.25, 0.3) is 0 Å². The van der Waals surface area contributed by atoms with Gasteiger partial charge in [0.15, 0.2) is 0 Å². The lowest BCUT2D eigenvalue weighted by molar-refractivity contribution is -0.154. The van der Waals surface area contributed by atoms with Gasteiger partial charge in [0.25, 0.3) is 0 Å². The first-order chi connectivity index (χ1) is 19.5. The Morgan fingerprint density at radius 1 is 0.929 bits per heavy atom. The molecule has 1 saturated carbocycles. The number of anilines is 1. The summed E-state index contributed by atoms with van der Waals surface area (Å²) in [6.45, 7) is 16.4. The second kappa shape index (κ2) is 13.2. The number of hydrogen-bond donors (Lipinski definition) is 3. The molecule has 1 heterocycles. The van der Waals surface area contributed by atoms with E-state index in [0.717, 1.165) is 32.1 Å². The van der Waals surface area contributed by atoms with Crippen molar-refractivity contribution in [2.75, 3.05) is 25.5 Å². The normalized spacial score (nSPS) is 21.7. The van der Waals surface area contributed by atoms with Crippen LogP contribution in [0.3, 0.4) is 0 Å². The number of amides is 3. The Labute approximate surface area is 250 Å². The predicted molar refractivity (Wildman–Crippen MR) is 164 cm³/mol. The monoisotopic (exact) mass is 588 g/mol. The highest BCUT2D eigenvalue weighted by molar-refractivity contribution is 5.91. The minimum atomic E-state index is -0.766. The highest BCUT2D eigenvalue weighted by atomic mass is 16.5. The van der Waals surface area contributed by atoms with Gasteiger partial charge in [0.05, 0.1) is 18.8 Å². The lowest BCUT2D eigenvalue weighted by Gasteiger charge is -2.37. The van der Waals surface area contributed by atoms with Gasteiger partial charge in [-0.15, -0.1) is 0 Å². The quantitative estimate of drug-likeness (QED) is 0.296. The lowest BCUT2D eigenvalue weighted by atomic mass is 9.82. The molecule has 1 saturated heterocycles. The maximum atomic E-state index is 14.1.